The third kappa shape index (κ3) is 10.1. The van der Waals surface area contributed by atoms with Crippen LogP contribution in [0.1, 0.15) is 37.2 Å². The zero-order chi connectivity index (χ0) is 26.5. The third-order valence-corrected chi connectivity index (χ3v) is 6.47. The van der Waals surface area contributed by atoms with Crippen molar-refractivity contribution in [1.82, 2.24) is 15.6 Å². The summed E-state index contributed by atoms with van der Waals surface area (Å²) in [5, 5.41) is 5.56. The zero-order valence-corrected chi connectivity index (χ0v) is 21.9. The lowest BCUT2D eigenvalue weighted by Gasteiger charge is -2.24. The van der Waals surface area contributed by atoms with Crippen LogP contribution in [0.25, 0.3) is 0 Å². The fourth-order valence-electron chi connectivity index (χ4n) is 3.63. The number of rotatable bonds is 14. The Morgan fingerprint density at radius 1 is 0.946 bits per heavy atom. The van der Waals surface area contributed by atoms with Crippen molar-refractivity contribution in [2.45, 2.75) is 51.1 Å². The van der Waals surface area contributed by atoms with Crippen LogP contribution in [0.3, 0.4) is 0 Å². The predicted molar refractivity (Wildman–Crippen MR) is 143 cm³/mol. The van der Waals surface area contributed by atoms with Crippen LogP contribution < -0.4 is 10.6 Å². The molecule has 2 amide bonds. The van der Waals surface area contributed by atoms with Crippen LogP contribution >= 0.6 is 11.8 Å². The molecule has 196 valence electrons. The van der Waals surface area contributed by atoms with E-state index >= 15 is 0 Å². The van der Waals surface area contributed by atoms with Gasteiger partial charge in [0.1, 0.15) is 18.4 Å². The molecule has 8 nitrogen and oxygen atoms in total. The maximum absolute atomic E-state index is 13.3. The number of alkyl carbamates (subject to hydrolysis) is 1. The van der Waals surface area contributed by atoms with Gasteiger partial charge in [0.05, 0.1) is 23.8 Å². The standard InChI is InChI=1S/C28H33N3O5S/c1-20(2)15-25(31-28(34)36-17-22-10-12-29-13-11-22)27(33)30-24(16-21-7-4-3-5-8-21)26(32)19-37-18-23-9-6-14-35-23/h3-14,20,24-25H,15-19H2,1-2H3,(H,30,33)(H,31,34). The molecule has 0 radical (unpaired) electrons. The maximum Gasteiger partial charge on any atom is 0.408 e. The summed E-state index contributed by atoms with van der Waals surface area (Å²) < 4.78 is 10.6. The van der Waals surface area contributed by atoms with Crippen molar-refractivity contribution in [2.75, 3.05) is 5.75 Å². The highest BCUT2D eigenvalue weighted by Gasteiger charge is 2.28. The Labute approximate surface area is 221 Å². The second-order valence-corrected chi connectivity index (χ2v) is 10.0. The molecule has 0 bridgehead atoms. The average Bonchev–Trinajstić information content (AvgIpc) is 3.41. The Hall–Kier alpha value is -3.59. The van der Waals surface area contributed by atoms with E-state index in [0.29, 0.717) is 18.6 Å². The molecule has 3 aromatic rings. The molecule has 2 N–H and O–H groups in total. The summed E-state index contributed by atoms with van der Waals surface area (Å²) >= 11 is 1.43. The Morgan fingerprint density at radius 3 is 2.38 bits per heavy atom. The van der Waals surface area contributed by atoms with E-state index in [9.17, 15) is 14.4 Å². The van der Waals surface area contributed by atoms with Crippen molar-refractivity contribution in [1.29, 1.82) is 0 Å². The van der Waals surface area contributed by atoms with Gasteiger partial charge in [0.25, 0.3) is 0 Å². The molecule has 2 atom stereocenters. The largest absolute Gasteiger partial charge is 0.468 e. The van der Waals surface area contributed by atoms with E-state index in [1.54, 1.807) is 36.9 Å². The molecular weight excluding hydrogens is 490 g/mol. The zero-order valence-electron chi connectivity index (χ0n) is 21.1. The Morgan fingerprint density at radius 2 is 1.70 bits per heavy atom. The summed E-state index contributed by atoms with van der Waals surface area (Å²) in [4.78, 5) is 42.9. The maximum atomic E-state index is 13.3. The van der Waals surface area contributed by atoms with Gasteiger partial charge in [-0.25, -0.2) is 4.79 Å². The Kier molecular flexibility index (Phi) is 11.2. The Bertz CT molecular complexity index is 1110. The van der Waals surface area contributed by atoms with E-state index in [-0.39, 0.29) is 24.1 Å². The first-order valence-corrected chi connectivity index (χ1v) is 13.4. The number of ketones is 1. The van der Waals surface area contributed by atoms with Gasteiger partial charge in [-0.1, -0.05) is 44.2 Å². The second-order valence-electron chi connectivity index (χ2n) is 9.05. The van der Waals surface area contributed by atoms with Gasteiger partial charge in [-0.2, -0.15) is 0 Å². The van der Waals surface area contributed by atoms with Gasteiger partial charge in [-0.3, -0.25) is 14.6 Å². The van der Waals surface area contributed by atoms with Gasteiger partial charge in [0.2, 0.25) is 5.91 Å². The number of aromatic nitrogens is 1. The van der Waals surface area contributed by atoms with Crippen molar-refractivity contribution >= 4 is 29.5 Å². The number of carbonyl (C=O) groups excluding carboxylic acids is 3. The van der Waals surface area contributed by atoms with Gasteiger partial charge < -0.3 is 19.8 Å². The monoisotopic (exact) mass is 523 g/mol. The van der Waals surface area contributed by atoms with Gasteiger partial charge in [0, 0.05) is 12.4 Å². The minimum Gasteiger partial charge on any atom is -0.468 e. The highest BCUT2D eigenvalue weighted by atomic mass is 32.2. The molecule has 0 spiro atoms. The first-order chi connectivity index (χ1) is 17.9. The average molecular weight is 524 g/mol. The van der Waals surface area contributed by atoms with Gasteiger partial charge in [-0.05, 0) is 54.2 Å². The van der Waals surface area contributed by atoms with Crippen LogP contribution in [0, 0.1) is 5.92 Å². The van der Waals surface area contributed by atoms with Crippen LogP contribution in [0.5, 0.6) is 0 Å². The number of Topliss-reactive ketones (excluding diaryl/α,β-unsaturated/α-hetero) is 1. The molecule has 0 saturated heterocycles. The number of hydrogen-bond acceptors (Lipinski definition) is 7. The van der Waals surface area contributed by atoms with E-state index in [2.05, 4.69) is 15.6 Å². The summed E-state index contributed by atoms with van der Waals surface area (Å²) in [6.45, 7) is 3.98. The molecule has 2 unspecified atom stereocenters. The van der Waals surface area contributed by atoms with Gasteiger partial charge in [0.15, 0.2) is 5.78 Å². The number of carbonyl (C=O) groups is 3. The van der Waals surface area contributed by atoms with Crippen molar-refractivity contribution in [3.8, 4) is 0 Å². The fourth-order valence-corrected chi connectivity index (χ4v) is 4.50. The number of pyridine rings is 1. The summed E-state index contributed by atoms with van der Waals surface area (Å²) in [7, 11) is 0. The second kappa shape index (κ2) is 14.8. The highest BCUT2D eigenvalue weighted by Crippen LogP contribution is 2.15. The first-order valence-electron chi connectivity index (χ1n) is 12.2. The molecule has 2 heterocycles. The molecule has 0 aliphatic carbocycles. The first kappa shape index (κ1) is 28.0. The summed E-state index contributed by atoms with van der Waals surface area (Å²) in [6.07, 6.45) is 4.88. The molecule has 9 heteroatoms. The molecule has 3 rings (SSSR count). The summed E-state index contributed by atoms with van der Waals surface area (Å²) in [5.74, 6) is 1.17. The molecule has 2 aromatic heterocycles. The van der Waals surface area contributed by atoms with Crippen molar-refractivity contribution in [2.24, 2.45) is 5.92 Å². The third-order valence-electron chi connectivity index (χ3n) is 5.49. The molecule has 0 aliphatic heterocycles. The van der Waals surface area contributed by atoms with Crippen LogP contribution in [0.15, 0.2) is 77.7 Å². The predicted octanol–water partition coefficient (Wildman–Crippen LogP) is 4.55. The van der Waals surface area contributed by atoms with E-state index < -0.39 is 24.1 Å². The van der Waals surface area contributed by atoms with E-state index in [1.807, 2.05) is 50.2 Å². The van der Waals surface area contributed by atoms with Crippen molar-refractivity contribution in [3.63, 3.8) is 0 Å². The molecule has 0 saturated carbocycles. The van der Waals surface area contributed by atoms with Gasteiger partial charge >= 0.3 is 6.09 Å². The van der Waals surface area contributed by atoms with Crippen LogP contribution in [-0.2, 0) is 33.1 Å². The lowest BCUT2D eigenvalue weighted by molar-refractivity contribution is -0.128. The van der Waals surface area contributed by atoms with Crippen LogP contribution in [-0.4, -0.2) is 40.6 Å². The van der Waals surface area contributed by atoms with E-state index in [0.717, 1.165) is 16.9 Å². The lowest BCUT2D eigenvalue weighted by Crippen LogP contribution is -2.53. The van der Waals surface area contributed by atoms with E-state index in [1.165, 1.54) is 11.8 Å². The summed E-state index contributed by atoms with van der Waals surface area (Å²) in [5.41, 5.74) is 1.72. The number of furan rings is 1. The number of thioether (sulfide) groups is 1. The molecule has 0 fully saturated rings. The number of hydrogen-bond donors (Lipinski definition) is 2. The number of benzene rings is 1. The number of nitrogens with one attached hydrogen (secondary N) is 2. The van der Waals surface area contributed by atoms with Crippen molar-refractivity contribution < 1.29 is 23.5 Å². The SMILES string of the molecule is CC(C)CC(NC(=O)OCc1ccncc1)C(=O)NC(Cc1ccccc1)C(=O)CSCc1ccco1. The number of ether oxygens (including phenoxy) is 1. The lowest BCUT2D eigenvalue weighted by atomic mass is 10.00. The Balaban J connectivity index is 1.63. The molecule has 1 aromatic carbocycles. The normalized spacial score (nSPS) is 12.5. The van der Waals surface area contributed by atoms with Crippen LogP contribution in [0.2, 0.25) is 0 Å². The van der Waals surface area contributed by atoms with Crippen molar-refractivity contribution in [3.05, 3.63) is 90.1 Å². The topological polar surface area (TPSA) is 111 Å². The molecule has 37 heavy (non-hydrogen) atoms. The quantitative estimate of drug-likeness (QED) is 0.319. The van der Waals surface area contributed by atoms with E-state index in [4.69, 9.17) is 9.15 Å². The minimum absolute atomic E-state index is 0.0619. The highest BCUT2D eigenvalue weighted by molar-refractivity contribution is 7.99. The van der Waals surface area contributed by atoms with Crippen LogP contribution in [0.4, 0.5) is 4.79 Å². The number of amides is 2. The molecular formula is C28H33N3O5S. The smallest absolute Gasteiger partial charge is 0.408 e. The number of nitrogens with zero attached hydrogens (tertiary/aromatic N) is 1. The van der Waals surface area contributed by atoms with Gasteiger partial charge in [-0.15, -0.1) is 11.8 Å². The molecule has 0 aliphatic rings. The fraction of sp³-hybridized carbons (Fsp3) is 0.357. The summed E-state index contributed by atoms with van der Waals surface area (Å²) in [6, 6.07) is 15.1. The minimum atomic E-state index is -0.841.